The largest absolute Gasteiger partial charge is 0.348 e. The summed E-state index contributed by atoms with van der Waals surface area (Å²) in [6, 6.07) is 14.5. The zero-order valence-electron chi connectivity index (χ0n) is 12.2. The summed E-state index contributed by atoms with van der Waals surface area (Å²) in [5.41, 5.74) is 1.75. The van der Waals surface area contributed by atoms with Gasteiger partial charge >= 0.3 is 0 Å². The van der Waals surface area contributed by atoms with Gasteiger partial charge in [0.2, 0.25) is 0 Å². The molecule has 0 spiro atoms. The summed E-state index contributed by atoms with van der Waals surface area (Å²) in [4.78, 5) is 28.0. The number of hydrogen-bond acceptors (Lipinski definition) is 4. The number of aromatic nitrogens is 3. The summed E-state index contributed by atoms with van der Waals surface area (Å²) >= 11 is 0. The van der Waals surface area contributed by atoms with Crippen LogP contribution in [0.25, 0.3) is 11.3 Å². The first-order valence-corrected chi connectivity index (χ1v) is 7.06. The fourth-order valence-electron chi connectivity index (χ4n) is 2.12. The first-order valence-electron chi connectivity index (χ1n) is 7.06. The topological polar surface area (TPSA) is 87.7 Å². The number of benzene rings is 1. The lowest BCUT2D eigenvalue weighted by atomic mass is 10.1. The maximum Gasteiger partial charge on any atom is 0.277 e. The monoisotopic (exact) mass is 306 g/mol. The number of amides is 1. The highest BCUT2D eigenvalue weighted by molar-refractivity contribution is 5.94. The SMILES string of the molecule is O=C(NCc1ccccc1)c1cc(-c2ccncc2)n[nH]c1=O. The minimum absolute atomic E-state index is 0.0303. The van der Waals surface area contributed by atoms with Crippen LogP contribution in [0.15, 0.2) is 65.7 Å². The Morgan fingerprint density at radius 2 is 1.83 bits per heavy atom. The number of carbonyl (C=O) groups is 1. The van der Waals surface area contributed by atoms with E-state index in [1.54, 1.807) is 24.5 Å². The lowest BCUT2D eigenvalue weighted by molar-refractivity contribution is 0.0949. The second-order valence-electron chi connectivity index (χ2n) is 4.90. The van der Waals surface area contributed by atoms with Gasteiger partial charge in [-0.2, -0.15) is 5.10 Å². The summed E-state index contributed by atoms with van der Waals surface area (Å²) in [7, 11) is 0. The molecule has 2 aromatic heterocycles. The quantitative estimate of drug-likeness (QED) is 0.769. The Balaban J connectivity index is 1.81. The molecule has 0 atom stereocenters. The number of H-pyrrole nitrogens is 1. The van der Waals surface area contributed by atoms with Gasteiger partial charge in [0, 0.05) is 24.5 Å². The van der Waals surface area contributed by atoms with Crippen LogP contribution < -0.4 is 10.9 Å². The average molecular weight is 306 g/mol. The van der Waals surface area contributed by atoms with E-state index in [9.17, 15) is 9.59 Å². The first-order chi connectivity index (χ1) is 11.2. The number of carbonyl (C=O) groups excluding carboxylic acids is 1. The minimum atomic E-state index is -0.520. The number of rotatable bonds is 4. The maximum absolute atomic E-state index is 12.3. The van der Waals surface area contributed by atoms with Crippen molar-refractivity contribution in [3.05, 3.63) is 82.4 Å². The van der Waals surface area contributed by atoms with Gasteiger partial charge < -0.3 is 5.32 Å². The molecule has 2 heterocycles. The van der Waals surface area contributed by atoms with Gasteiger partial charge in [-0.15, -0.1) is 0 Å². The Kier molecular flexibility index (Phi) is 4.24. The molecule has 0 bridgehead atoms. The van der Waals surface area contributed by atoms with Gasteiger partial charge in [-0.25, -0.2) is 5.10 Å². The molecule has 1 aromatic carbocycles. The van der Waals surface area contributed by atoms with E-state index in [1.165, 1.54) is 6.07 Å². The van der Waals surface area contributed by atoms with Crippen LogP contribution in [0.5, 0.6) is 0 Å². The number of hydrogen-bond donors (Lipinski definition) is 2. The summed E-state index contributed by atoms with van der Waals surface area (Å²) in [6.07, 6.45) is 3.24. The van der Waals surface area contributed by atoms with Crippen LogP contribution in [0, 0.1) is 0 Å². The summed E-state index contributed by atoms with van der Waals surface area (Å²) < 4.78 is 0. The third kappa shape index (κ3) is 3.49. The standard InChI is InChI=1S/C17H14N4O2/c22-16(19-11-12-4-2-1-3-5-12)14-10-15(20-21-17(14)23)13-6-8-18-9-7-13/h1-10H,11H2,(H,19,22)(H,21,23). The molecule has 0 saturated heterocycles. The highest BCUT2D eigenvalue weighted by Crippen LogP contribution is 2.14. The third-order valence-electron chi connectivity index (χ3n) is 3.32. The molecule has 23 heavy (non-hydrogen) atoms. The van der Waals surface area contributed by atoms with E-state index in [1.807, 2.05) is 30.3 Å². The zero-order valence-corrected chi connectivity index (χ0v) is 12.2. The highest BCUT2D eigenvalue weighted by atomic mass is 16.2. The molecule has 0 fully saturated rings. The number of aromatic amines is 1. The summed E-state index contributed by atoms with van der Waals surface area (Å²) in [5.74, 6) is -0.437. The highest BCUT2D eigenvalue weighted by Gasteiger charge is 2.12. The fourth-order valence-corrected chi connectivity index (χ4v) is 2.12. The molecular formula is C17H14N4O2. The number of pyridine rings is 1. The van der Waals surface area contributed by atoms with Crippen molar-refractivity contribution in [3.8, 4) is 11.3 Å². The van der Waals surface area contributed by atoms with Crippen molar-refractivity contribution in [3.63, 3.8) is 0 Å². The van der Waals surface area contributed by atoms with E-state index in [2.05, 4.69) is 20.5 Å². The van der Waals surface area contributed by atoms with Crippen LogP contribution in [-0.2, 0) is 6.54 Å². The lowest BCUT2D eigenvalue weighted by Crippen LogP contribution is -2.29. The third-order valence-corrected chi connectivity index (χ3v) is 3.32. The second-order valence-corrected chi connectivity index (χ2v) is 4.90. The van der Waals surface area contributed by atoms with Crippen LogP contribution in [0.2, 0.25) is 0 Å². The molecule has 0 unspecified atom stereocenters. The molecule has 114 valence electrons. The van der Waals surface area contributed by atoms with Crippen LogP contribution in [0.1, 0.15) is 15.9 Å². The van der Waals surface area contributed by atoms with Crippen molar-refractivity contribution >= 4 is 5.91 Å². The van der Waals surface area contributed by atoms with E-state index in [0.717, 1.165) is 11.1 Å². The zero-order chi connectivity index (χ0) is 16.1. The van der Waals surface area contributed by atoms with Gasteiger partial charge in [-0.05, 0) is 23.8 Å². The smallest absolute Gasteiger partial charge is 0.277 e. The maximum atomic E-state index is 12.3. The predicted molar refractivity (Wildman–Crippen MR) is 85.7 cm³/mol. The molecule has 6 heteroatoms. The van der Waals surface area contributed by atoms with Gasteiger partial charge in [0.25, 0.3) is 11.5 Å². The Hall–Kier alpha value is -3.28. The van der Waals surface area contributed by atoms with Gasteiger partial charge in [-0.1, -0.05) is 30.3 Å². The second kappa shape index (κ2) is 6.65. The Bertz CT molecular complexity index is 861. The molecule has 3 rings (SSSR count). The summed E-state index contributed by atoms with van der Waals surface area (Å²) in [5, 5.41) is 9.06. The van der Waals surface area contributed by atoms with Crippen LogP contribution in [0.4, 0.5) is 0 Å². The van der Waals surface area contributed by atoms with Gasteiger partial charge in [0.05, 0.1) is 5.69 Å². The predicted octanol–water partition coefficient (Wildman–Crippen LogP) is 1.76. The Morgan fingerprint density at radius 1 is 1.09 bits per heavy atom. The molecule has 0 radical (unpaired) electrons. The molecule has 3 aromatic rings. The number of nitrogens with one attached hydrogen (secondary N) is 2. The van der Waals surface area contributed by atoms with E-state index in [0.29, 0.717) is 12.2 Å². The first kappa shape index (κ1) is 14.6. The van der Waals surface area contributed by atoms with Crippen LogP contribution >= 0.6 is 0 Å². The molecular weight excluding hydrogens is 292 g/mol. The minimum Gasteiger partial charge on any atom is -0.348 e. The average Bonchev–Trinajstić information content (AvgIpc) is 2.62. The van der Waals surface area contributed by atoms with Crippen molar-refractivity contribution in [1.82, 2.24) is 20.5 Å². The van der Waals surface area contributed by atoms with Gasteiger partial charge in [0.15, 0.2) is 0 Å². The van der Waals surface area contributed by atoms with E-state index < -0.39 is 11.5 Å². The molecule has 6 nitrogen and oxygen atoms in total. The molecule has 0 aliphatic carbocycles. The van der Waals surface area contributed by atoms with E-state index >= 15 is 0 Å². The molecule has 0 aliphatic heterocycles. The summed E-state index contributed by atoms with van der Waals surface area (Å²) in [6.45, 7) is 0.353. The van der Waals surface area contributed by atoms with Crippen molar-refractivity contribution in [2.45, 2.75) is 6.54 Å². The molecule has 2 N–H and O–H groups in total. The van der Waals surface area contributed by atoms with Crippen molar-refractivity contribution < 1.29 is 4.79 Å². The van der Waals surface area contributed by atoms with E-state index in [4.69, 9.17) is 0 Å². The Labute approximate surface area is 132 Å². The Morgan fingerprint density at radius 3 is 2.57 bits per heavy atom. The van der Waals surface area contributed by atoms with Crippen molar-refractivity contribution in [2.24, 2.45) is 0 Å². The van der Waals surface area contributed by atoms with Crippen LogP contribution in [-0.4, -0.2) is 21.1 Å². The fraction of sp³-hybridized carbons (Fsp3) is 0.0588. The lowest BCUT2D eigenvalue weighted by Gasteiger charge is -2.06. The number of nitrogens with zero attached hydrogens (tertiary/aromatic N) is 2. The normalized spacial score (nSPS) is 10.3. The van der Waals surface area contributed by atoms with Gasteiger partial charge in [-0.3, -0.25) is 14.6 Å². The van der Waals surface area contributed by atoms with Crippen LogP contribution in [0.3, 0.4) is 0 Å². The van der Waals surface area contributed by atoms with Crippen molar-refractivity contribution in [1.29, 1.82) is 0 Å². The van der Waals surface area contributed by atoms with E-state index in [-0.39, 0.29) is 5.56 Å². The molecule has 1 amide bonds. The molecule has 0 aliphatic rings. The van der Waals surface area contributed by atoms with Gasteiger partial charge in [0.1, 0.15) is 5.56 Å². The van der Waals surface area contributed by atoms with Crippen molar-refractivity contribution in [2.75, 3.05) is 0 Å². The molecule has 0 saturated carbocycles.